The van der Waals surface area contributed by atoms with Gasteiger partial charge in [0.1, 0.15) is 17.4 Å². The molecule has 0 saturated heterocycles. The molecule has 1 aromatic heterocycles. The second kappa shape index (κ2) is 2.73. The van der Waals surface area contributed by atoms with E-state index in [0.29, 0.717) is 0 Å². The molecular weight excluding hydrogens is 244 g/mol. The van der Waals surface area contributed by atoms with Crippen LogP contribution in [0.5, 0.6) is 5.75 Å². The molecule has 1 atom stereocenters. The minimum Gasteiger partial charge on any atom is -0.487 e. The Morgan fingerprint density at radius 1 is 1.57 bits per heavy atom. The summed E-state index contributed by atoms with van der Waals surface area (Å²) in [6.45, 7) is 2.95. The fraction of sp³-hybridized carbons (Fsp3) is 0.300. The molecule has 0 N–H and O–H groups in total. The molecule has 3 nitrogen and oxygen atoms in total. The molecule has 0 spiro atoms. The van der Waals surface area contributed by atoms with Gasteiger partial charge >= 0.3 is 0 Å². The molecule has 0 amide bonds. The second-order valence-corrected chi connectivity index (χ2v) is 4.51. The molecule has 3 rings (SSSR count). The van der Waals surface area contributed by atoms with Gasteiger partial charge in [-0.1, -0.05) is 15.9 Å². The smallest absolute Gasteiger partial charge is 0.146 e. The zero-order valence-corrected chi connectivity index (χ0v) is 9.28. The Bertz CT molecular complexity index is 506. The van der Waals surface area contributed by atoms with Gasteiger partial charge in [0.05, 0.1) is 18.4 Å². The first-order valence-corrected chi connectivity index (χ1v) is 5.34. The zero-order chi connectivity index (χ0) is 9.71. The van der Waals surface area contributed by atoms with Gasteiger partial charge in [0.15, 0.2) is 0 Å². The molecule has 2 aromatic rings. The van der Waals surface area contributed by atoms with Gasteiger partial charge in [0.2, 0.25) is 0 Å². The summed E-state index contributed by atoms with van der Waals surface area (Å²) < 4.78 is 8.91. The molecule has 72 valence electrons. The summed E-state index contributed by atoms with van der Waals surface area (Å²) >= 11 is 3.45. The molecule has 0 aliphatic carbocycles. The average molecular weight is 253 g/mol. The molecule has 0 radical (unpaired) electrons. The van der Waals surface area contributed by atoms with Gasteiger partial charge < -0.3 is 9.30 Å². The van der Waals surface area contributed by atoms with Crippen molar-refractivity contribution in [2.45, 2.75) is 19.6 Å². The maximum atomic E-state index is 5.75. The number of rotatable bonds is 0. The summed E-state index contributed by atoms with van der Waals surface area (Å²) in [6.07, 6.45) is 2.09. The highest BCUT2D eigenvalue weighted by Gasteiger charge is 2.19. The fourth-order valence-corrected chi connectivity index (χ4v) is 2.32. The monoisotopic (exact) mass is 252 g/mol. The normalized spacial score (nSPS) is 19.7. The summed E-state index contributed by atoms with van der Waals surface area (Å²) in [7, 11) is 0. The van der Waals surface area contributed by atoms with Crippen molar-refractivity contribution < 1.29 is 4.74 Å². The Hall–Kier alpha value is -1.03. The average Bonchev–Trinajstić information content (AvgIpc) is 2.48. The molecular formula is C10H9BrN2O. The van der Waals surface area contributed by atoms with Crippen LogP contribution in [0, 0.1) is 0 Å². The molecule has 2 heterocycles. The number of nitrogens with zero attached hydrogens (tertiary/aromatic N) is 2. The van der Waals surface area contributed by atoms with Crippen molar-refractivity contribution in [1.82, 2.24) is 9.55 Å². The largest absolute Gasteiger partial charge is 0.487 e. The lowest BCUT2D eigenvalue weighted by molar-refractivity contribution is 0.190. The minimum absolute atomic E-state index is 0.217. The van der Waals surface area contributed by atoms with Gasteiger partial charge in [-0.2, -0.15) is 0 Å². The van der Waals surface area contributed by atoms with E-state index >= 15 is 0 Å². The van der Waals surface area contributed by atoms with Crippen LogP contribution in [-0.4, -0.2) is 15.7 Å². The number of aromatic nitrogens is 2. The fourth-order valence-electron chi connectivity index (χ4n) is 1.90. The number of hydrogen-bond donors (Lipinski definition) is 0. The highest BCUT2D eigenvalue weighted by molar-refractivity contribution is 9.10. The summed E-state index contributed by atoms with van der Waals surface area (Å²) in [4.78, 5) is 4.34. The van der Waals surface area contributed by atoms with E-state index in [1.165, 1.54) is 0 Å². The Balaban J connectivity index is 2.38. The molecule has 1 aromatic carbocycles. The molecule has 14 heavy (non-hydrogen) atoms. The van der Waals surface area contributed by atoms with E-state index in [9.17, 15) is 0 Å². The van der Waals surface area contributed by atoms with Crippen LogP contribution in [0.1, 0.15) is 6.92 Å². The van der Waals surface area contributed by atoms with E-state index in [-0.39, 0.29) is 6.10 Å². The van der Waals surface area contributed by atoms with Gasteiger partial charge in [-0.15, -0.1) is 0 Å². The lowest BCUT2D eigenvalue weighted by Gasteiger charge is -2.22. The lowest BCUT2D eigenvalue weighted by Crippen LogP contribution is -2.23. The first-order chi connectivity index (χ1) is 6.74. The molecule has 0 unspecified atom stereocenters. The van der Waals surface area contributed by atoms with Crippen molar-refractivity contribution >= 4 is 27.0 Å². The van der Waals surface area contributed by atoms with Crippen LogP contribution in [0.2, 0.25) is 0 Å². The SMILES string of the molecule is C[C@@H]1Cn2cnc3cc(Br)cc(c32)O1. The predicted octanol–water partition coefficient (Wildman–Crippen LogP) is 2.58. The summed E-state index contributed by atoms with van der Waals surface area (Å²) in [5.41, 5.74) is 2.09. The zero-order valence-electron chi connectivity index (χ0n) is 7.70. The van der Waals surface area contributed by atoms with Crippen molar-refractivity contribution in [3.63, 3.8) is 0 Å². The third-order valence-corrected chi connectivity index (χ3v) is 2.88. The quantitative estimate of drug-likeness (QED) is 0.721. The van der Waals surface area contributed by atoms with E-state index in [2.05, 4.69) is 32.4 Å². The first kappa shape index (κ1) is 8.29. The Morgan fingerprint density at radius 3 is 3.29 bits per heavy atom. The Labute approximate surface area is 89.8 Å². The molecule has 0 fully saturated rings. The first-order valence-electron chi connectivity index (χ1n) is 4.55. The van der Waals surface area contributed by atoms with Crippen LogP contribution in [0.25, 0.3) is 11.0 Å². The molecule has 1 aliphatic rings. The summed E-state index contributed by atoms with van der Waals surface area (Å²) in [5, 5.41) is 0. The Kier molecular flexibility index (Phi) is 1.62. The van der Waals surface area contributed by atoms with Crippen molar-refractivity contribution in [1.29, 1.82) is 0 Å². The predicted molar refractivity (Wildman–Crippen MR) is 57.5 cm³/mol. The highest BCUT2D eigenvalue weighted by Crippen LogP contribution is 2.33. The van der Waals surface area contributed by atoms with Crippen LogP contribution < -0.4 is 4.74 Å². The topological polar surface area (TPSA) is 27.1 Å². The Morgan fingerprint density at radius 2 is 2.43 bits per heavy atom. The standard InChI is InChI=1S/C10H9BrN2O/c1-6-4-13-5-12-8-2-7(11)3-9(14-6)10(8)13/h2-3,5-6H,4H2,1H3/t6-/m1/s1. The van der Waals surface area contributed by atoms with Crippen molar-refractivity contribution in [2.75, 3.05) is 0 Å². The van der Waals surface area contributed by atoms with Gasteiger partial charge in [-0.05, 0) is 19.1 Å². The maximum Gasteiger partial charge on any atom is 0.146 e. The van der Waals surface area contributed by atoms with Crippen LogP contribution in [0.4, 0.5) is 0 Å². The van der Waals surface area contributed by atoms with Gasteiger partial charge in [-0.3, -0.25) is 0 Å². The molecule has 0 saturated carbocycles. The van der Waals surface area contributed by atoms with Gasteiger partial charge in [0.25, 0.3) is 0 Å². The van der Waals surface area contributed by atoms with E-state index < -0.39 is 0 Å². The minimum atomic E-state index is 0.217. The summed E-state index contributed by atoms with van der Waals surface area (Å²) in [5.74, 6) is 0.922. The highest BCUT2D eigenvalue weighted by atomic mass is 79.9. The van der Waals surface area contributed by atoms with Crippen molar-refractivity contribution in [2.24, 2.45) is 0 Å². The number of halogens is 1. The number of hydrogen-bond acceptors (Lipinski definition) is 2. The number of ether oxygens (including phenoxy) is 1. The van der Waals surface area contributed by atoms with Crippen LogP contribution in [0.15, 0.2) is 22.9 Å². The number of benzene rings is 1. The molecule has 4 heteroatoms. The van der Waals surface area contributed by atoms with E-state index in [1.807, 2.05) is 18.5 Å². The van der Waals surface area contributed by atoms with E-state index in [0.717, 1.165) is 27.8 Å². The van der Waals surface area contributed by atoms with Gasteiger partial charge in [0, 0.05) is 4.47 Å². The number of imidazole rings is 1. The van der Waals surface area contributed by atoms with E-state index in [4.69, 9.17) is 4.74 Å². The van der Waals surface area contributed by atoms with Crippen LogP contribution in [-0.2, 0) is 6.54 Å². The third-order valence-electron chi connectivity index (χ3n) is 2.42. The van der Waals surface area contributed by atoms with E-state index in [1.54, 1.807) is 0 Å². The summed E-state index contributed by atoms with van der Waals surface area (Å²) in [6, 6.07) is 4.00. The van der Waals surface area contributed by atoms with Crippen LogP contribution in [0.3, 0.4) is 0 Å². The maximum absolute atomic E-state index is 5.75. The lowest BCUT2D eigenvalue weighted by atomic mass is 10.2. The van der Waals surface area contributed by atoms with Gasteiger partial charge in [-0.25, -0.2) is 4.98 Å². The third kappa shape index (κ3) is 1.07. The molecule has 0 bridgehead atoms. The van der Waals surface area contributed by atoms with Crippen molar-refractivity contribution in [3.05, 3.63) is 22.9 Å². The van der Waals surface area contributed by atoms with Crippen molar-refractivity contribution in [3.8, 4) is 5.75 Å². The van der Waals surface area contributed by atoms with Crippen LogP contribution >= 0.6 is 15.9 Å². The molecule has 1 aliphatic heterocycles. The second-order valence-electron chi connectivity index (χ2n) is 3.60.